The molecule has 1 rings (SSSR count). The summed E-state index contributed by atoms with van der Waals surface area (Å²) >= 11 is 2.08. The molecule has 0 unspecified atom stereocenters. The van der Waals surface area contributed by atoms with Crippen LogP contribution >= 0.6 is 15.9 Å². The van der Waals surface area contributed by atoms with Gasteiger partial charge in [0.1, 0.15) is 0 Å². The number of benzene rings is 1. The van der Waals surface area contributed by atoms with Gasteiger partial charge in [0.25, 0.3) is 0 Å². The van der Waals surface area contributed by atoms with Crippen LogP contribution in [0.5, 0.6) is 0 Å². The maximum atomic E-state index is 12.8. The molecular formula is C11H11BrF2O. The lowest BCUT2D eigenvalue weighted by molar-refractivity contribution is 0.0591. The molecule has 4 heteroatoms. The highest BCUT2D eigenvalue weighted by atomic mass is 79.9. The molecule has 0 bridgehead atoms. The Morgan fingerprint density at radius 2 is 1.60 bits per heavy atom. The van der Waals surface area contributed by atoms with Crippen molar-refractivity contribution in [2.24, 2.45) is 0 Å². The average molecular weight is 277 g/mol. The number of carbonyl (C=O) groups excluding carboxylic acids is 1. The highest BCUT2D eigenvalue weighted by molar-refractivity contribution is 9.10. The first-order chi connectivity index (χ1) is 6.73. The number of ketones is 1. The topological polar surface area (TPSA) is 17.1 Å². The van der Waals surface area contributed by atoms with Gasteiger partial charge < -0.3 is 0 Å². The first-order valence-corrected chi connectivity index (χ1v) is 5.22. The van der Waals surface area contributed by atoms with Gasteiger partial charge in [-0.1, -0.05) is 17.7 Å². The Labute approximate surface area is 95.6 Å². The number of hydrogen-bond acceptors (Lipinski definition) is 1. The van der Waals surface area contributed by atoms with Gasteiger partial charge >= 0.3 is 4.83 Å². The second kappa shape index (κ2) is 4.00. The SMILES string of the molecule is Cc1cc(C)c(C(=O)C(F)(F)Br)c(C)c1. The van der Waals surface area contributed by atoms with E-state index in [1.807, 2.05) is 6.92 Å². The molecular weight excluding hydrogens is 266 g/mol. The number of halogens is 3. The smallest absolute Gasteiger partial charge is 0.286 e. The van der Waals surface area contributed by atoms with Crippen LogP contribution in [0.25, 0.3) is 0 Å². The number of carbonyl (C=O) groups is 1. The van der Waals surface area contributed by atoms with E-state index in [0.717, 1.165) is 5.56 Å². The van der Waals surface area contributed by atoms with Crippen LogP contribution in [0, 0.1) is 20.8 Å². The van der Waals surface area contributed by atoms with Crippen LogP contribution in [0.3, 0.4) is 0 Å². The normalized spacial score (nSPS) is 11.6. The van der Waals surface area contributed by atoms with Crippen molar-refractivity contribution < 1.29 is 13.6 Å². The van der Waals surface area contributed by atoms with Crippen molar-refractivity contribution in [2.75, 3.05) is 0 Å². The zero-order valence-corrected chi connectivity index (χ0v) is 10.3. The number of rotatable bonds is 2. The molecule has 0 radical (unpaired) electrons. The van der Waals surface area contributed by atoms with E-state index in [-0.39, 0.29) is 5.56 Å². The fraction of sp³-hybridized carbons (Fsp3) is 0.364. The molecule has 0 aromatic heterocycles. The first kappa shape index (κ1) is 12.3. The highest BCUT2D eigenvalue weighted by Gasteiger charge is 2.37. The minimum atomic E-state index is -3.49. The second-order valence-corrected chi connectivity index (χ2v) is 4.60. The molecule has 0 aliphatic heterocycles. The Kier molecular flexibility index (Phi) is 3.28. The van der Waals surface area contributed by atoms with Crippen LogP contribution in [0.4, 0.5) is 8.78 Å². The van der Waals surface area contributed by atoms with E-state index in [1.165, 1.54) is 0 Å². The molecule has 0 amide bonds. The number of Topliss-reactive ketones (excluding diaryl/α,β-unsaturated/α-hetero) is 1. The average Bonchev–Trinajstić information content (AvgIpc) is 1.99. The van der Waals surface area contributed by atoms with Gasteiger partial charge in [0.2, 0.25) is 5.78 Å². The van der Waals surface area contributed by atoms with Crippen molar-refractivity contribution >= 4 is 21.7 Å². The summed E-state index contributed by atoms with van der Waals surface area (Å²) in [6, 6.07) is 3.44. The Morgan fingerprint density at radius 1 is 1.20 bits per heavy atom. The van der Waals surface area contributed by atoms with Gasteiger partial charge in [-0.2, -0.15) is 8.78 Å². The van der Waals surface area contributed by atoms with E-state index < -0.39 is 10.6 Å². The van der Waals surface area contributed by atoms with Crippen LogP contribution in [-0.2, 0) is 0 Å². The molecule has 1 nitrogen and oxygen atoms in total. The first-order valence-electron chi connectivity index (χ1n) is 4.43. The molecule has 1 aromatic rings. The maximum Gasteiger partial charge on any atom is 0.363 e. The molecule has 82 valence electrons. The standard InChI is InChI=1S/C11H11BrF2O/c1-6-4-7(2)9(8(3)5-6)10(15)11(12,13)14/h4-5H,1-3H3. The van der Waals surface area contributed by atoms with Gasteiger partial charge in [-0.25, -0.2) is 0 Å². The lowest BCUT2D eigenvalue weighted by atomic mass is 9.97. The van der Waals surface area contributed by atoms with E-state index >= 15 is 0 Å². The Morgan fingerprint density at radius 3 is 1.93 bits per heavy atom. The zero-order chi connectivity index (χ0) is 11.8. The van der Waals surface area contributed by atoms with Crippen molar-refractivity contribution in [3.05, 3.63) is 34.4 Å². The molecule has 0 aliphatic rings. The van der Waals surface area contributed by atoms with E-state index in [0.29, 0.717) is 11.1 Å². The fourth-order valence-corrected chi connectivity index (χ4v) is 1.88. The zero-order valence-electron chi connectivity index (χ0n) is 8.70. The number of hydrogen-bond donors (Lipinski definition) is 0. The molecule has 0 saturated carbocycles. The minimum Gasteiger partial charge on any atom is -0.286 e. The molecule has 15 heavy (non-hydrogen) atoms. The van der Waals surface area contributed by atoms with Gasteiger partial charge in [0, 0.05) is 5.56 Å². The Hall–Kier alpha value is -0.770. The minimum absolute atomic E-state index is 0.0995. The van der Waals surface area contributed by atoms with Crippen molar-refractivity contribution in [1.82, 2.24) is 0 Å². The van der Waals surface area contributed by atoms with E-state index in [2.05, 4.69) is 15.9 Å². The quantitative estimate of drug-likeness (QED) is 0.594. The molecule has 1 aromatic carbocycles. The van der Waals surface area contributed by atoms with Crippen molar-refractivity contribution in [3.8, 4) is 0 Å². The summed E-state index contributed by atoms with van der Waals surface area (Å²) in [6.45, 7) is 5.18. The lowest BCUT2D eigenvalue weighted by Gasteiger charge is -2.13. The molecule has 0 saturated heterocycles. The van der Waals surface area contributed by atoms with E-state index in [1.54, 1.807) is 26.0 Å². The van der Waals surface area contributed by atoms with Crippen molar-refractivity contribution in [2.45, 2.75) is 25.6 Å². The summed E-state index contributed by atoms with van der Waals surface area (Å²) in [5.74, 6) is -1.18. The van der Waals surface area contributed by atoms with Crippen molar-refractivity contribution in [1.29, 1.82) is 0 Å². The fourth-order valence-electron chi connectivity index (χ4n) is 1.68. The molecule has 0 aliphatic carbocycles. The predicted octanol–water partition coefficient (Wildman–Crippen LogP) is 3.78. The van der Waals surface area contributed by atoms with Gasteiger partial charge in [-0.3, -0.25) is 4.79 Å². The molecule has 0 N–H and O–H groups in total. The predicted molar refractivity (Wildman–Crippen MR) is 58.9 cm³/mol. The number of alkyl halides is 3. The molecule has 0 fully saturated rings. The highest BCUT2D eigenvalue weighted by Crippen LogP contribution is 2.30. The van der Waals surface area contributed by atoms with Crippen LogP contribution in [-0.4, -0.2) is 10.6 Å². The summed E-state index contributed by atoms with van der Waals surface area (Å²) in [4.78, 5) is 7.93. The van der Waals surface area contributed by atoms with Crippen LogP contribution in [0.15, 0.2) is 12.1 Å². The third kappa shape index (κ3) is 2.62. The Balaban J connectivity index is 3.33. The summed E-state index contributed by atoms with van der Waals surface area (Å²) < 4.78 is 25.7. The third-order valence-corrected chi connectivity index (χ3v) is 2.52. The van der Waals surface area contributed by atoms with Crippen LogP contribution < -0.4 is 0 Å². The van der Waals surface area contributed by atoms with Crippen LogP contribution in [0.1, 0.15) is 27.0 Å². The summed E-state index contributed by atoms with van der Waals surface area (Å²) in [5.41, 5.74) is 2.22. The van der Waals surface area contributed by atoms with E-state index in [9.17, 15) is 13.6 Å². The van der Waals surface area contributed by atoms with Gasteiger partial charge in [0.05, 0.1) is 0 Å². The monoisotopic (exact) mass is 276 g/mol. The Bertz CT molecular complexity index is 385. The van der Waals surface area contributed by atoms with Crippen molar-refractivity contribution in [3.63, 3.8) is 0 Å². The van der Waals surface area contributed by atoms with Gasteiger partial charge in [0.15, 0.2) is 0 Å². The van der Waals surface area contributed by atoms with Gasteiger partial charge in [-0.05, 0) is 47.8 Å². The molecule has 0 atom stereocenters. The molecule has 0 heterocycles. The second-order valence-electron chi connectivity index (χ2n) is 3.60. The lowest BCUT2D eigenvalue weighted by Crippen LogP contribution is -2.22. The van der Waals surface area contributed by atoms with Crippen LogP contribution in [0.2, 0.25) is 0 Å². The third-order valence-electron chi connectivity index (χ3n) is 2.16. The van der Waals surface area contributed by atoms with Gasteiger partial charge in [-0.15, -0.1) is 0 Å². The van der Waals surface area contributed by atoms with E-state index in [4.69, 9.17) is 0 Å². The number of aryl methyl sites for hydroxylation is 3. The summed E-state index contributed by atoms with van der Waals surface area (Å²) in [7, 11) is 0. The summed E-state index contributed by atoms with van der Waals surface area (Å²) in [5, 5.41) is 0. The molecule has 0 spiro atoms. The maximum absolute atomic E-state index is 12.8. The summed E-state index contributed by atoms with van der Waals surface area (Å²) in [6.07, 6.45) is 0. The largest absolute Gasteiger partial charge is 0.363 e.